The number of carbonyl (C=O) groups is 7. The molecule has 0 aromatic heterocycles. The molecular formula is C41H50F3N7O10. The van der Waals surface area contributed by atoms with Gasteiger partial charge < -0.3 is 50.9 Å². The SMILES string of the molecule is Cc1ccc(NC(=O)N[C@@H](Cc2cc(F)cc(F)c2)C(=O)NC2C(=O)N3C[C@H](O)C[C@H]3C(=O)N3CCCC[C@H]3C(=O)N[C@@H](CO)C(=O)N3C[C@H](C)C[C@H]3C(=O)O[C@H]2C)c(F)c1. The smallest absolute Gasteiger partial charge is 0.329 e. The van der Waals surface area contributed by atoms with Gasteiger partial charge in [0.15, 0.2) is 0 Å². The normalized spacial score (nSPS) is 28.0. The van der Waals surface area contributed by atoms with E-state index in [2.05, 4.69) is 21.3 Å². The molecule has 6 rings (SSSR count). The maximum atomic E-state index is 14.7. The zero-order chi connectivity index (χ0) is 44.3. The first-order chi connectivity index (χ1) is 28.9. The standard InChI is InChI=1S/C41H50F3N7O10/c1-20-7-8-28(27(44)10-20)46-41(60)47-29(14-23-12-24(42)15-25(43)13-23)35(54)48-34-22(3)61-40(59)33-11-21(2)17-50(33)37(56)30(19-52)45-36(55)31-6-4-5-9-49(31)38(57)32-16-26(53)18-51(32)39(34)58/h7-8,10,12-13,15,21-22,26,29-34,52-53H,4-6,9,11,14,16-19H2,1-3H3,(H,45,55)(H,48,54)(H2,46,47,60)/t21-,22+,26-,29+,30+,31+,32+,33+,34?/m1/s1. The lowest BCUT2D eigenvalue weighted by Gasteiger charge is -2.39. The van der Waals surface area contributed by atoms with Crippen LogP contribution in [0.3, 0.4) is 0 Å². The molecule has 4 aliphatic heterocycles. The Hall–Kier alpha value is -5.76. The maximum Gasteiger partial charge on any atom is 0.329 e. The molecule has 0 aliphatic carbocycles. The van der Waals surface area contributed by atoms with E-state index in [4.69, 9.17) is 4.74 Å². The summed E-state index contributed by atoms with van der Waals surface area (Å²) in [7, 11) is 0. The third kappa shape index (κ3) is 10.2. The molecule has 6 N–H and O–H groups in total. The van der Waals surface area contributed by atoms with Crippen molar-refractivity contribution < 1.29 is 61.7 Å². The number of piperidine rings is 1. The van der Waals surface area contributed by atoms with E-state index < -0.39 is 127 Å². The molecule has 0 radical (unpaired) electrons. The number of esters is 1. The fourth-order valence-corrected chi connectivity index (χ4v) is 8.47. The number of cyclic esters (lactones) is 1. The first-order valence-electron chi connectivity index (χ1n) is 20.2. The summed E-state index contributed by atoms with van der Waals surface area (Å²) in [5.41, 5.74) is 0.190. The molecule has 17 nitrogen and oxygen atoms in total. The molecule has 4 heterocycles. The Morgan fingerprint density at radius 3 is 2.28 bits per heavy atom. The lowest BCUT2D eigenvalue weighted by atomic mass is 9.98. The third-order valence-electron chi connectivity index (χ3n) is 11.5. The molecule has 0 saturated carbocycles. The number of rotatable bonds is 7. The zero-order valence-corrected chi connectivity index (χ0v) is 33.9. The van der Waals surface area contributed by atoms with Crippen molar-refractivity contribution in [3.63, 3.8) is 0 Å². The molecule has 0 spiro atoms. The van der Waals surface area contributed by atoms with Gasteiger partial charge in [0.2, 0.25) is 29.5 Å². The molecular weight excluding hydrogens is 807 g/mol. The summed E-state index contributed by atoms with van der Waals surface area (Å²) >= 11 is 0. The Labute approximate surface area is 349 Å². The van der Waals surface area contributed by atoms with Gasteiger partial charge in [-0.05, 0) is 80.8 Å². The van der Waals surface area contributed by atoms with Gasteiger partial charge in [0, 0.05) is 38.5 Å². The van der Waals surface area contributed by atoms with Gasteiger partial charge in [0.1, 0.15) is 59.8 Å². The van der Waals surface area contributed by atoms with Crippen LogP contribution in [-0.2, 0) is 39.9 Å². The van der Waals surface area contributed by atoms with Crippen LogP contribution in [0.4, 0.5) is 23.7 Å². The van der Waals surface area contributed by atoms with Crippen molar-refractivity contribution in [1.82, 2.24) is 30.7 Å². The fourth-order valence-electron chi connectivity index (χ4n) is 8.47. The number of nitrogens with one attached hydrogen (secondary N) is 4. The van der Waals surface area contributed by atoms with E-state index in [1.54, 1.807) is 13.8 Å². The number of urea groups is 1. The molecule has 61 heavy (non-hydrogen) atoms. The largest absolute Gasteiger partial charge is 0.458 e. The molecule has 0 bridgehead atoms. The molecule has 2 aromatic carbocycles. The van der Waals surface area contributed by atoms with E-state index >= 15 is 0 Å². The van der Waals surface area contributed by atoms with Crippen molar-refractivity contribution in [2.75, 3.05) is 31.6 Å². The van der Waals surface area contributed by atoms with E-state index in [9.17, 15) is 56.9 Å². The van der Waals surface area contributed by atoms with Crippen LogP contribution < -0.4 is 21.3 Å². The Morgan fingerprint density at radius 1 is 0.885 bits per heavy atom. The number of aryl methyl sites for hydroxylation is 1. The second-order valence-electron chi connectivity index (χ2n) is 16.3. The van der Waals surface area contributed by atoms with Gasteiger partial charge in [0.25, 0.3) is 0 Å². The van der Waals surface area contributed by atoms with E-state index in [0.717, 1.165) is 28.0 Å². The second-order valence-corrected chi connectivity index (χ2v) is 16.3. The average molecular weight is 858 g/mol. The lowest BCUT2D eigenvalue weighted by molar-refractivity contribution is -0.163. The van der Waals surface area contributed by atoms with E-state index in [-0.39, 0.29) is 49.5 Å². The highest BCUT2D eigenvalue weighted by atomic mass is 19.1. The summed E-state index contributed by atoms with van der Waals surface area (Å²) in [6, 6.07) is -3.51. The Kier molecular flexibility index (Phi) is 13.9. The second kappa shape index (κ2) is 18.9. The van der Waals surface area contributed by atoms with Crippen LogP contribution in [0.15, 0.2) is 36.4 Å². The predicted molar refractivity (Wildman–Crippen MR) is 208 cm³/mol. The lowest BCUT2D eigenvalue weighted by Crippen LogP contribution is -2.63. The molecule has 7 amide bonds. The number of aliphatic hydroxyl groups excluding tert-OH is 2. The molecule has 4 aliphatic rings. The first kappa shape index (κ1) is 44.8. The third-order valence-corrected chi connectivity index (χ3v) is 11.5. The van der Waals surface area contributed by atoms with Crippen LogP contribution in [0.25, 0.3) is 0 Å². The van der Waals surface area contributed by atoms with Crippen molar-refractivity contribution in [2.24, 2.45) is 5.92 Å². The number of amides is 7. The summed E-state index contributed by atoms with van der Waals surface area (Å²) in [5, 5.41) is 30.8. The van der Waals surface area contributed by atoms with E-state index in [1.165, 1.54) is 24.0 Å². The zero-order valence-electron chi connectivity index (χ0n) is 33.9. The number of carbonyl (C=O) groups excluding carboxylic acids is 7. The number of aliphatic hydroxyl groups is 2. The molecule has 9 atom stereocenters. The summed E-state index contributed by atoms with van der Waals surface area (Å²) in [5.74, 6) is -8.39. The van der Waals surface area contributed by atoms with Crippen LogP contribution in [-0.4, -0.2) is 141 Å². The maximum absolute atomic E-state index is 14.7. The number of fused-ring (bicyclic) bond motifs is 3. The quantitative estimate of drug-likeness (QED) is 0.213. The monoisotopic (exact) mass is 857 g/mol. The van der Waals surface area contributed by atoms with Crippen LogP contribution in [0.2, 0.25) is 0 Å². The van der Waals surface area contributed by atoms with Gasteiger partial charge in [-0.3, -0.25) is 24.0 Å². The highest BCUT2D eigenvalue weighted by molar-refractivity contribution is 5.99. The minimum absolute atomic E-state index is 0.0441. The minimum Gasteiger partial charge on any atom is -0.458 e. The Morgan fingerprint density at radius 2 is 1.59 bits per heavy atom. The van der Waals surface area contributed by atoms with Gasteiger partial charge in [-0.1, -0.05) is 13.0 Å². The number of ether oxygens (including phenoxy) is 1. The number of hydrogen-bond donors (Lipinski definition) is 6. The number of halogens is 3. The molecule has 4 saturated heterocycles. The molecule has 4 fully saturated rings. The van der Waals surface area contributed by atoms with Gasteiger partial charge in [0.05, 0.1) is 18.4 Å². The first-order valence-corrected chi connectivity index (χ1v) is 20.2. The van der Waals surface area contributed by atoms with Gasteiger partial charge >= 0.3 is 12.0 Å². The van der Waals surface area contributed by atoms with Crippen LogP contribution in [0, 0.1) is 30.3 Å². The molecule has 2 aromatic rings. The van der Waals surface area contributed by atoms with Crippen molar-refractivity contribution in [2.45, 2.75) is 108 Å². The topological polar surface area (TPSA) is 227 Å². The van der Waals surface area contributed by atoms with Crippen molar-refractivity contribution in [3.05, 3.63) is 65.0 Å². The van der Waals surface area contributed by atoms with E-state index in [0.29, 0.717) is 24.5 Å². The summed E-state index contributed by atoms with van der Waals surface area (Å²) in [4.78, 5) is 102. The fraction of sp³-hybridized carbons (Fsp3) is 0.537. The summed E-state index contributed by atoms with van der Waals surface area (Å²) < 4.78 is 49.2. The number of hydrogen-bond acceptors (Lipinski definition) is 10. The van der Waals surface area contributed by atoms with Crippen molar-refractivity contribution >= 4 is 47.2 Å². The van der Waals surface area contributed by atoms with Gasteiger partial charge in [-0.2, -0.15) is 0 Å². The van der Waals surface area contributed by atoms with Crippen LogP contribution in [0.5, 0.6) is 0 Å². The average Bonchev–Trinajstić information content (AvgIpc) is 3.80. The van der Waals surface area contributed by atoms with Crippen molar-refractivity contribution in [3.8, 4) is 0 Å². The number of anilines is 1. The van der Waals surface area contributed by atoms with Crippen LogP contribution in [0.1, 0.15) is 57.1 Å². The highest BCUT2D eigenvalue weighted by Gasteiger charge is 2.49. The molecule has 330 valence electrons. The Bertz CT molecular complexity index is 2040. The number of nitrogens with zero attached hydrogens (tertiary/aromatic N) is 3. The Balaban J connectivity index is 1.37. The van der Waals surface area contributed by atoms with Crippen LogP contribution >= 0.6 is 0 Å². The summed E-state index contributed by atoms with van der Waals surface area (Å²) in [6.07, 6.45) is -2.30. The van der Waals surface area contributed by atoms with Gasteiger partial charge in [-0.15, -0.1) is 0 Å². The predicted octanol–water partition coefficient (Wildman–Crippen LogP) is 0.632. The van der Waals surface area contributed by atoms with E-state index in [1.807, 2.05) is 0 Å². The number of benzene rings is 2. The highest BCUT2D eigenvalue weighted by Crippen LogP contribution is 2.29. The minimum atomic E-state index is -1.84. The van der Waals surface area contributed by atoms with Crippen molar-refractivity contribution in [1.29, 1.82) is 0 Å². The van der Waals surface area contributed by atoms with Gasteiger partial charge in [-0.25, -0.2) is 22.8 Å². The summed E-state index contributed by atoms with van der Waals surface area (Å²) in [6.45, 7) is 3.56. The molecule has 20 heteroatoms. The molecule has 1 unspecified atom stereocenters.